The minimum absolute atomic E-state index is 0.244. The van der Waals surface area contributed by atoms with Gasteiger partial charge in [-0.2, -0.15) is 0 Å². The lowest BCUT2D eigenvalue weighted by Crippen LogP contribution is -2.29. The summed E-state index contributed by atoms with van der Waals surface area (Å²) in [6.07, 6.45) is -0.0907. The molecule has 0 heterocycles. The normalized spacial score (nSPS) is 13.9. The number of nitrogens with zero attached hydrogens (tertiary/aromatic N) is 1. The van der Waals surface area contributed by atoms with Crippen molar-refractivity contribution in [1.29, 1.82) is 0 Å². The summed E-state index contributed by atoms with van der Waals surface area (Å²) in [7, 11) is -1.98. The van der Waals surface area contributed by atoms with E-state index >= 15 is 0 Å². The number of sulfonamides is 1. The molecule has 1 unspecified atom stereocenters. The summed E-state index contributed by atoms with van der Waals surface area (Å²) in [5.41, 5.74) is 0. The molecule has 0 radical (unpaired) electrons. The Bertz CT molecular complexity index is 473. The Hall–Kier alpha value is -0.430. The molecule has 1 rings (SSSR count). The van der Waals surface area contributed by atoms with E-state index in [1.807, 2.05) is 0 Å². The van der Waals surface area contributed by atoms with Gasteiger partial charge in [-0.3, -0.25) is 0 Å². The second-order valence-electron chi connectivity index (χ2n) is 3.89. The van der Waals surface area contributed by atoms with Crippen LogP contribution in [0.4, 0.5) is 0 Å². The first-order valence-electron chi connectivity index (χ1n) is 5.24. The molecule has 4 nitrogen and oxygen atoms in total. The van der Waals surface area contributed by atoms with Crippen molar-refractivity contribution in [3.8, 4) is 0 Å². The van der Waals surface area contributed by atoms with Crippen LogP contribution in [0.1, 0.15) is 13.3 Å². The highest BCUT2D eigenvalue weighted by atomic mass is 79.9. The molecule has 1 N–H and O–H groups in total. The van der Waals surface area contributed by atoms with Gasteiger partial charge in [-0.15, -0.1) is 0 Å². The molecule has 0 saturated carbocycles. The monoisotopic (exact) mass is 321 g/mol. The molecule has 0 aromatic heterocycles. The Morgan fingerprint density at radius 2 is 2.00 bits per heavy atom. The summed E-state index contributed by atoms with van der Waals surface area (Å²) < 4.78 is 26.2. The van der Waals surface area contributed by atoms with E-state index in [9.17, 15) is 8.42 Å². The van der Waals surface area contributed by atoms with E-state index in [1.165, 1.54) is 11.4 Å². The Morgan fingerprint density at radius 3 is 2.53 bits per heavy atom. The first-order chi connectivity index (χ1) is 7.85. The van der Waals surface area contributed by atoms with Gasteiger partial charge in [0.2, 0.25) is 10.0 Å². The molecule has 0 aliphatic rings. The van der Waals surface area contributed by atoms with Gasteiger partial charge in [0, 0.05) is 18.1 Å². The molecular weight excluding hydrogens is 306 g/mol. The first-order valence-corrected chi connectivity index (χ1v) is 7.48. The van der Waals surface area contributed by atoms with Gasteiger partial charge in [-0.25, -0.2) is 12.7 Å². The largest absolute Gasteiger partial charge is 0.393 e. The Kier molecular flexibility index (Phi) is 5.12. The van der Waals surface area contributed by atoms with Crippen molar-refractivity contribution in [2.24, 2.45) is 0 Å². The molecule has 0 aliphatic heterocycles. The molecule has 17 heavy (non-hydrogen) atoms. The first kappa shape index (κ1) is 14.6. The molecule has 0 spiro atoms. The highest BCUT2D eigenvalue weighted by Gasteiger charge is 2.22. The molecule has 1 aromatic carbocycles. The van der Waals surface area contributed by atoms with E-state index < -0.39 is 16.1 Å². The summed E-state index contributed by atoms with van der Waals surface area (Å²) in [5, 5.41) is 9.16. The highest BCUT2D eigenvalue weighted by molar-refractivity contribution is 9.10. The summed E-state index contributed by atoms with van der Waals surface area (Å²) in [5.74, 6) is 0. The molecule has 0 saturated heterocycles. The minimum atomic E-state index is -3.49. The minimum Gasteiger partial charge on any atom is -0.393 e. The van der Waals surface area contributed by atoms with E-state index in [2.05, 4.69) is 15.9 Å². The van der Waals surface area contributed by atoms with Crippen molar-refractivity contribution in [3.63, 3.8) is 0 Å². The maximum atomic E-state index is 12.2. The van der Waals surface area contributed by atoms with Crippen LogP contribution in [-0.2, 0) is 10.0 Å². The van der Waals surface area contributed by atoms with Crippen LogP contribution in [0.2, 0.25) is 0 Å². The molecule has 0 amide bonds. The van der Waals surface area contributed by atoms with Crippen molar-refractivity contribution in [3.05, 3.63) is 28.7 Å². The lowest BCUT2D eigenvalue weighted by atomic mass is 10.3. The van der Waals surface area contributed by atoms with Gasteiger partial charge in [0.1, 0.15) is 0 Å². The van der Waals surface area contributed by atoms with Gasteiger partial charge in [-0.1, -0.05) is 12.1 Å². The summed E-state index contributed by atoms with van der Waals surface area (Å²) >= 11 is 3.23. The zero-order valence-corrected chi connectivity index (χ0v) is 12.2. The van der Waals surface area contributed by atoms with Gasteiger partial charge < -0.3 is 5.11 Å². The predicted octanol–water partition coefficient (Wildman–Crippen LogP) is 1.84. The molecule has 6 heteroatoms. The summed E-state index contributed by atoms with van der Waals surface area (Å²) in [6, 6.07) is 6.69. The van der Waals surface area contributed by atoms with Gasteiger partial charge in [0.05, 0.1) is 11.0 Å². The number of aliphatic hydroxyl groups excluding tert-OH is 1. The van der Waals surface area contributed by atoms with Crippen LogP contribution in [-0.4, -0.2) is 37.5 Å². The van der Waals surface area contributed by atoms with Crippen LogP contribution >= 0.6 is 15.9 Å². The van der Waals surface area contributed by atoms with Gasteiger partial charge in [0.15, 0.2) is 0 Å². The van der Waals surface area contributed by atoms with Crippen LogP contribution < -0.4 is 0 Å². The van der Waals surface area contributed by atoms with Crippen molar-refractivity contribution in [1.82, 2.24) is 4.31 Å². The molecule has 0 bridgehead atoms. The quantitative estimate of drug-likeness (QED) is 0.900. The second kappa shape index (κ2) is 5.95. The lowest BCUT2D eigenvalue weighted by Gasteiger charge is -2.18. The topological polar surface area (TPSA) is 57.6 Å². The zero-order chi connectivity index (χ0) is 13.1. The third-order valence-electron chi connectivity index (χ3n) is 2.39. The maximum Gasteiger partial charge on any atom is 0.243 e. The van der Waals surface area contributed by atoms with Crippen LogP contribution in [0, 0.1) is 0 Å². The zero-order valence-electron chi connectivity index (χ0n) is 9.80. The van der Waals surface area contributed by atoms with E-state index in [1.54, 1.807) is 31.2 Å². The number of halogens is 1. The Morgan fingerprint density at radius 1 is 1.41 bits per heavy atom. The number of hydrogen-bond acceptors (Lipinski definition) is 3. The fourth-order valence-corrected chi connectivity index (χ4v) is 3.46. The van der Waals surface area contributed by atoms with Crippen molar-refractivity contribution in [2.45, 2.75) is 24.3 Å². The maximum absolute atomic E-state index is 12.2. The smallest absolute Gasteiger partial charge is 0.243 e. The number of benzene rings is 1. The van der Waals surface area contributed by atoms with E-state index in [-0.39, 0.29) is 4.90 Å². The standard InChI is InChI=1S/C11H16BrNO3S/c1-9(14)7-8-13(2)17(15,16)11-6-4-3-5-10(11)12/h3-6,9,14H,7-8H2,1-2H3. The molecule has 96 valence electrons. The molecule has 0 fully saturated rings. The third-order valence-corrected chi connectivity index (χ3v) is 5.26. The average molecular weight is 322 g/mol. The number of aliphatic hydroxyl groups is 1. The van der Waals surface area contributed by atoms with Crippen LogP contribution in [0.3, 0.4) is 0 Å². The summed E-state index contributed by atoms with van der Waals surface area (Å²) in [4.78, 5) is 0.244. The fraction of sp³-hybridized carbons (Fsp3) is 0.455. The SMILES string of the molecule is CC(O)CCN(C)S(=O)(=O)c1ccccc1Br. The number of rotatable bonds is 5. The fourth-order valence-electron chi connectivity index (χ4n) is 1.31. The van der Waals surface area contributed by atoms with Crippen molar-refractivity contribution in [2.75, 3.05) is 13.6 Å². The van der Waals surface area contributed by atoms with E-state index in [0.717, 1.165) is 0 Å². The molecule has 1 aromatic rings. The van der Waals surface area contributed by atoms with Gasteiger partial charge >= 0.3 is 0 Å². The predicted molar refractivity (Wildman–Crippen MR) is 70.3 cm³/mol. The average Bonchev–Trinajstić information content (AvgIpc) is 2.26. The molecular formula is C11H16BrNO3S. The van der Waals surface area contributed by atoms with Gasteiger partial charge in [-0.05, 0) is 41.4 Å². The van der Waals surface area contributed by atoms with Gasteiger partial charge in [0.25, 0.3) is 0 Å². The third kappa shape index (κ3) is 3.77. The van der Waals surface area contributed by atoms with E-state index in [4.69, 9.17) is 5.11 Å². The molecule has 0 aliphatic carbocycles. The van der Waals surface area contributed by atoms with Crippen LogP contribution in [0.25, 0.3) is 0 Å². The van der Waals surface area contributed by atoms with Crippen LogP contribution in [0.5, 0.6) is 0 Å². The lowest BCUT2D eigenvalue weighted by molar-refractivity contribution is 0.177. The van der Waals surface area contributed by atoms with Crippen molar-refractivity contribution >= 4 is 26.0 Å². The number of hydrogen-bond donors (Lipinski definition) is 1. The second-order valence-corrected chi connectivity index (χ2v) is 6.76. The Balaban J connectivity index is 2.92. The van der Waals surface area contributed by atoms with Crippen molar-refractivity contribution < 1.29 is 13.5 Å². The summed E-state index contributed by atoms with van der Waals surface area (Å²) in [6.45, 7) is 1.93. The Labute approximate surface area is 110 Å². The highest BCUT2D eigenvalue weighted by Crippen LogP contribution is 2.23. The van der Waals surface area contributed by atoms with Crippen LogP contribution in [0.15, 0.2) is 33.6 Å². The van der Waals surface area contributed by atoms with E-state index in [0.29, 0.717) is 17.4 Å². The molecule has 1 atom stereocenters.